The number of piperidine rings is 1. The molecule has 0 spiro atoms. The molecule has 164 valence electrons. The zero-order chi connectivity index (χ0) is 21.1. The van der Waals surface area contributed by atoms with Crippen LogP contribution in [0.15, 0.2) is 30.3 Å². The second kappa shape index (κ2) is 9.06. The van der Waals surface area contributed by atoms with Crippen LogP contribution < -0.4 is 0 Å². The van der Waals surface area contributed by atoms with Crippen LogP contribution in [0.4, 0.5) is 0 Å². The topological polar surface area (TPSA) is 78.0 Å². The maximum atomic E-state index is 12.9. The molecule has 8 heteroatoms. The van der Waals surface area contributed by atoms with Gasteiger partial charge in [0.15, 0.2) is 0 Å². The van der Waals surface area contributed by atoms with Gasteiger partial charge >= 0.3 is 0 Å². The van der Waals surface area contributed by atoms with Gasteiger partial charge in [0.25, 0.3) is 0 Å². The molecule has 2 saturated heterocycles. The van der Waals surface area contributed by atoms with Crippen LogP contribution in [-0.2, 0) is 25.4 Å². The summed E-state index contributed by atoms with van der Waals surface area (Å²) in [7, 11) is -3.37. The van der Waals surface area contributed by atoms with Gasteiger partial charge in [-0.05, 0) is 31.2 Å². The number of hydrogen-bond acceptors (Lipinski definition) is 4. The Balaban J connectivity index is 1.25. The maximum absolute atomic E-state index is 12.9. The molecule has 4 rings (SSSR count). The molecule has 0 unspecified atom stereocenters. The summed E-state index contributed by atoms with van der Waals surface area (Å²) >= 11 is 0. The van der Waals surface area contributed by atoms with Gasteiger partial charge in [-0.1, -0.05) is 36.8 Å². The third kappa shape index (κ3) is 4.70. The molecule has 2 heterocycles. The van der Waals surface area contributed by atoms with Gasteiger partial charge in [-0.25, -0.2) is 12.7 Å². The Bertz CT molecular complexity index is 854. The number of amides is 2. The van der Waals surface area contributed by atoms with E-state index in [1.54, 1.807) is 0 Å². The van der Waals surface area contributed by atoms with Gasteiger partial charge < -0.3 is 9.80 Å². The lowest BCUT2D eigenvalue weighted by molar-refractivity contribution is -0.146. The smallest absolute Gasteiger partial charge is 0.225 e. The lowest BCUT2D eigenvalue weighted by atomic mass is 9.84. The molecule has 1 aliphatic carbocycles. The first-order chi connectivity index (χ1) is 14.4. The summed E-state index contributed by atoms with van der Waals surface area (Å²) < 4.78 is 26.9. The van der Waals surface area contributed by atoms with Crippen LogP contribution in [0.5, 0.6) is 0 Å². The molecule has 7 nitrogen and oxygen atoms in total. The van der Waals surface area contributed by atoms with Crippen molar-refractivity contribution in [3.63, 3.8) is 0 Å². The summed E-state index contributed by atoms with van der Waals surface area (Å²) in [6, 6.07) is 9.20. The molecular formula is C22H31N3O4S. The van der Waals surface area contributed by atoms with Crippen molar-refractivity contribution in [1.82, 2.24) is 14.1 Å². The van der Waals surface area contributed by atoms with E-state index in [2.05, 4.69) is 0 Å². The zero-order valence-corrected chi connectivity index (χ0v) is 18.2. The highest BCUT2D eigenvalue weighted by Crippen LogP contribution is 2.29. The molecular weight excluding hydrogens is 402 g/mol. The Morgan fingerprint density at radius 2 is 1.27 bits per heavy atom. The van der Waals surface area contributed by atoms with Gasteiger partial charge in [-0.3, -0.25) is 9.59 Å². The van der Waals surface area contributed by atoms with Crippen LogP contribution in [0.1, 0.15) is 37.7 Å². The average Bonchev–Trinajstić information content (AvgIpc) is 2.72. The minimum absolute atomic E-state index is 0.00341. The lowest BCUT2D eigenvalue weighted by Gasteiger charge is -2.40. The van der Waals surface area contributed by atoms with Gasteiger partial charge in [-0.2, -0.15) is 0 Å². The van der Waals surface area contributed by atoms with E-state index >= 15 is 0 Å². The Morgan fingerprint density at radius 1 is 0.767 bits per heavy atom. The highest BCUT2D eigenvalue weighted by atomic mass is 32.2. The first kappa shape index (κ1) is 21.3. The number of benzene rings is 1. The first-order valence-corrected chi connectivity index (χ1v) is 12.6. The summed E-state index contributed by atoms with van der Waals surface area (Å²) in [6.45, 7) is 3.20. The Morgan fingerprint density at radius 3 is 1.73 bits per heavy atom. The van der Waals surface area contributed by atoms with E-state index in [1.165, 1.54) is 4.31 Å². The third-order valence-corrected chi connectivity index (χ3v) is 8.60. The Kier molecular flexibility index (Phi) is 6.43. The fraction of sp³-hybridized carbons (Fsp3) is 0.636. The number of sulfonamides is 1. The van der Waals surface area contributed by atoms with Gasteiger partial charge in [0.1, 0.15) is 0 Å². The number of nitrogens with zero attached hydrogens (tertiary/aromatic N) is 3. The maximum Gasteiger partial charge on any atom is 0.225 e. The number of piperazine rings is 1. The summed E-state index contributed by atoms with van der Waals surface area (Å²) in [5.74, 6) is 0.455. The highest BCUT2D eigenvalue weighted by Gasteiger charge is 2.36. The van der Waals surface area contributed by atoms with Crippen LogP contribution in [0.2, 0.25) is 0 Å². The summed E-state index contributed by atoms with van der Waals surface area (Å²) in [6.07, 6.45) is 4.28. The average molecular weight is 434 g/mol. The largest absolute Gasteiger partial charge is 0.339 e. The molecule has 2 aliphatic heterocycles. The number of rotatable bonds is 5. The summed E-state index contributed by atoms with van der Waals surface area (Å²) in [4.78, 5) is 29.1. The fourth-order valence-electron chi connectivity index (χ4n) is 4.58. The minimum atomic E-state index is -3.37. The molecule has 1 aromatic carbocycles. The van der Waals surface area contributed by atoms with Gasteiger partial charge in [0.05, 0.1) is 5.75 Å². The van der Waals surface area contributed by atoms with Gasteiger partial charge in [0.2, 0.25) is 21.8 Å². The normalized spacial score (nSPS) is 22.0. The standard InChI is InChI=1S/C22H31N3O4S/c26-21(19-7-4-8-19)23-13-15-24(16-14-23)22(27)20-9-11-25(12-10-20)30(28,29)17-18-5-2-1-3-6-18/h1-3,5-6,19-20H,4,7-17H2. The van der Waals surface area contributed by atoms with Gasteiger partial charge in [-0.15, -0.1) is 0 Å². The van der Waals surface area contributed by atoms with Crippen molar-refractivity contribution in [2.45, 2.75) is 37.9 Å². The van der Waals surface area contributed by atoms with E-state index in [1.807, 2.05) is 40.1 Å². The highest BCUT2D eigenvalue weighted by molar-refractivity contribution is 7.88. The molecule has 0 bridgehead atoms. The molecule has 0 aromatic heterocycles. The number of carbonyl (C=O) groups excluding carboxylic acids is 2. The van der Waals surface area contributed by atoms with E-state index in [0.29, 0.717) is 52.1 Å². The van der Waals surface area contributed by atoms with Crippen LogP contribution in [-0.4, -0.2) is 73.6 Å². The van der Waals surface area contributed by atoms with Crippen LogP contribution in [0.25, 0.3) is 0 Å². The van der Waals surface area contributed by atoms with Crippen molar-refractivity contribution < 1.29 is 18.0 Å². The van der Waals surface area contributed by atoms with Crippen molar-refractivity contribution in [2.24, 2.45) is 11.8 Å². The molecule has 1 aromatic rings. The van der Waals surface area contributed by atoms with Gasteiger partial charge in [0, 0.05) is 51.1 Å². The molecule has 2 amide bonds. The minimum Gasteiger partial charge on any atom is -0.339 e. The zero-order valence-electron chi connectivity index (χ0n) is 17.4. The van der Waals surface area contributed by atoms with Crippen molar-refractivity contribution >= 4 is 21.8 Å². The van der Waals surface area contributed by atoms with E-state index < -0.39 is 10.0 Å². The molecule has 3 fully saturated rings. The summed E-state index contributed by atoms with van der Waals surface area (Å²) in [5.41, 5.74) is 0.782. The lowest BCUT2D eigenvalue weighted by Crippen LogP contribution is -2.54. The quantitative estimate of drug-likeness (QED) is 0.708. The fourth-order valence-corrected chi connectivity index (χ4v) is 6.14. The van der Waals surface area contributed by atoms with E-state index in [9.17, 15) is 18.0 Å². The van der Waals surface area contributed by atoms with Crippen molar-refractivity contribution in [1.29, 1.82) is 0 Å². The first-order valence-electron chi connectivity index (χ1n) is 11.0. The predicted molar refractivity (Wildman–Crippen MR) is 114 cm³/mol. The molecule has 3 aliphatic rings. The second-order valence-electron chi connectivity index (χ2n) is 8.69. The number of hydrogen-bond donors (Lipinski definition) is 0. The Labute approximate surface area is 179 Å². The third-order valence-electron chi connectivity index (χ3n) is 6.75. The predicted octanol–water partition coefficient (Wildman–Crippen LogP) is 1.70. The molecule has 0 atom stereocenters. The molecule has 1 saturated carbocycles. The van der Waals surface area contributed by atoms with Crippen LogP contribution in [0, 0.1) is 11.8 Å². The van der Waals surface area contributed by atoms with Crippen LogP contribution >= 0.6 is 0 Å². The SMILES string of the molecule is O=C(C1CCC1)N1CCN(C(=O)C2CCN(S(=O)(=O)Cc3ccccc3)CC2)CC1. The van der Waals surface area contributed by atoms with Crippen molar-refractivity contribution in [2.75, 3.05) is 39.3 Å². The van der Waals surface area contributed by atoms with E-state index in [-0.39, 0.29) is 29.4 Å². The monoisotopic (exact) mass is 433 g/mol. The molecule has 30 heavy (non-hydrogen) atoms. The second-order valence-corrected chi connectivity index (χ2v) is 10.7. The van der Waals surface area contributed by atoms with E-state index in [0.717, 1.165) is 24.8 Å². The molecule has 0 N–H and O–H groups in total. The summed E-state index contributed by atoms with van der Waals surface area (Å²) in [5, 5.41) is 0. The Hall–Kier alpha value is -1.93. The van der Waals surface area contributed by atoms with E-state index in [4.69, 9.17) is 0 Å². The van der Waals surface area contributed by atoms with Crippen LogP contribution in [0.3, 0.4) is 0 Å². The van der Waals surface area contributed by atoms with Crippen molar-refractivity contribution in [3.8, 4) is 0 Å². The molecule has 0 radical (unpaired) electrons. The van der Waals surface area contributed by atoms with Crippen molar-refractivity contribution in [3.05, 3.63) is 35.9 Å². The number of carbonyl (C=O) groups is 2.